The summed E-state index contributed by atoms with van der Waals surface area (Å²) in [5, 5.41) is 9.90. The van der Waals surface area contributed by atoms with Crippen LogP contribution in [0.1, 0.15) is 25.3 Å². The van der Waals surface area contributed by atoms with E-state index in [0.29, 0.717) is 13.2 Å². The Balaban J connectivity index is 1.68. The van der Waals surface area contributed by atoms with Crippen molar-refractivity contribution < 1.29 is 9.84 Å². The molecule has 0 saturated carbocycles. The lowest BCUT2D eigenvalue weighted by molar-refractivity contribution is -0.00768. The maximum Gasteiger partial charge on any atom is 0.119 e. The molecular formula is C16H26N2O2. The van der Waals surface area contributed by atoms with Crippen LogP contribution < -0.4 is 10.5 Å². The predicted octanol–water partition coefficient (Wildman–Crippen LogP) is 1.41. The average Bonchev–Trinajstić information content (AvgIpc) is 2.43. The summed E-state index contributed by atoms with van der Waals surface area (Å²) < 4.78 is 5.76. The topological polar surface area (TPSA) is 58.7 Å². The maximum absolute atomic E-state index is 9.90. The Bertz CT molecular complexity index is 393. The first-order chi connectivity index (χ1) is 9.59. The number of piperidine rings is 1. The number of hydrogen-bond acceptors (Lipinski definition) is 4. The second-order valence-electron chi connectivity index (χ2n) is 5.87. The monoisotopic (exact) mass is 278 g/mol. The molecule has 1 heterocycles. The van der Waals surface area contributed by atoms with Gasteiger partial charge in [0.2, 0.25) is 0 Å². The summed E-state index contributed by atoms with van der Waals surface area (Å²) in [6.07, 6.45) is 2.61. The van der Waals surface area contributed by atoms with Crippen LogP contribution in [0, 0.1) is 0 Å². The van der Waals surface area contributed by atoms with Crippen molar-refractivity contribution in [1.82, 2.24) is 4.90 Å². The summed E-state index contributed by atoms with van der Waals surface area (Å²) in [5.41, 5.74) is 6.30. The highest BCUT2D eigenvalue weighted by Crippen LogP contribution is 2.20. The summed E-state index contributed by atoms with van der Waals surface area (Å²) in [4.78, 5) is 2.35. The number of nitrogens with zero attached hydrogens (tertiary/aromatic N) is 1. The first-order valence-corrected chi connectivity index (χ1v) is 7.46. The fourth-order valence-electron chi connectivity index (χ4n) is 2.47. The van der Waals surface area contributed by atoms with E-state index in [4.69, 9.17) is 10.5 Å². The summed E-state index contributed by atoms with van der Waals surface area (Å²) >= 11 is 0. The van der Waals surface area contributed by atoms with E-state index in [0.717, 1.165) is 44.6 Å². The fourth-order valence-corrected chi connectivity index (χ4v) is 2.47. The lowest BCUT2D eigenvalue weighted by atomic mass is 9.94. The van der Waals surface area contributed by atoms with Crippen molar-refractivity contribution in [2.45, 2.75) is 31.8 Å². The van der Waals surface area contributed by atoms with Crippen molar-refractivity contribution >= 4 is 0 Å². The van der Waals surface area contributed by atoms with Gasteiger partial charge in [-0.25, -0.2) is 0 Å². The fraction of sp³-hybridized carbons (Fsp3) is 0.625. The van der Waals surface area contributed by atoms with Gasteiger partial charge in [-0.15, -0.1) is 0 Å². The van der Waals surface area contributed by atoms with Crippen LogP contribution in [0.4, 0.5) is 0 Å². The van der Waals surface area contributed by atoms with E-state index in [1.54, 1.807) is 0 Å². The van der Waals surface area contributed by atoms with E-state index < -0.39 is 5.60 Å². The molecule has 1 aliphatic heterocycles. The van der Waals surface area contributed by atoms with Crippen LogP contribution in [0.3, 0.4) is 0 Å². The third-order valence-electron chi connectivity index (χ3n) is 3.97. The highest BCUT2D eigenvalue weighted by Gasteiger charge is 2.26. The molecule has 1 aliphatic rings. The van der Waals surface area contributed by atoms with Crippen molar-refractivity contribution in [2.24, 2.45) is 5.73 Å². The highest BCUT2D eigenvalue weighted by atomic mass is 16.5. The summed E-state index contributed by atoms with van der Waals surface area (Å²) in [6, 6.07) is 8.15. The molecule has 1 saturated heterocycles. The molecule has 112 valence electrons. The lowest BCUT2D eigenvalue weighted by Gasteiger charge is -2.35. The molecule has 0 unspecified atom stereocenters. The van der Waals surface area contributed by atoms with Crippen molar-refractivity contribution in [3.05, 3.63) is 29.8 Å². The van der Waals surface area contributed by atoms with Gasteiger partial charge in [0.25, 0.3) is 0 Å². The van der Waals surface area contributed by atoms with Crippen LogP contribution in [-0.4, -0.2) is 48.4 Å². The van der Waals surface area contributed by atoms with Crippen LogP contribution in [0.25, 0.3) is 0 Å². The molecule has 2 rings (SSSR count). The first-order valence-electron chi connectivity index (χ1n) is 7.46. The van der Waals surface area contributed by atoms with E-state index in [1.807, 2.05) is 19.1 Å². The van der Waals surface area contributed by atoms with Gasteiger partial charge in [-0.1, -0.05) is 12.1 Å². The molecule has 0 radical (unpaired) electrons. The van der Waals surface area contributed by atoms with Crippen LogP contribution >= 0.6 is 0 Å². The van der Waals surface area contributed by atoms with Gasteiger partial charge in [0.05, 0.1) is 5.60 Å². The molecule has 0 spiro atoms. The molecule has 3 N–H and O–H groups in total. The maximum atomic E-state index is 9.90. The van der Waals surface area contributed by atoms with E-state index in [1.165, 1.54) is 5.56 Å². The van der Waals surface area contributed by atoms with Gasteiger partial charge in [0.1, 0.15) is 12.4 Å². The second-order valence-corrected chi connectivity index (χ2v) is 5.87. The number of rotatable bonds is 6. The number of benzene rings is 1. The second kappa shape index (κ2) is 7.07. The average molecular weight is 278 g/mol. The molecule has 4 heteroatoms. The van der Waals surface area contributed by atoms with Crippen LogP contribution in [0.2, 0.25) is 0 Å². The Morgan fingerprint density at radius 1 is 1.25 bits per heavy atom. The normalized spacial score (nSPS) is 18.9. The van der Waals surface area contributed by atoms with Gasteiger partial charge >= 0.3 is 0 Å². The van der Waals surface area contributed by atoms with Gasteiger partial charge < -0.3 is 15.6 Å². The SMILES string of the molecule is CC1(O)CCN(CCOc2ccc(CCN)cc2)CC1. The highest BCUT2D eigenvalue weighted by molar-refractivity contribution is 5.27. The van der Waals surface area contributed by atoms with Crippen LogP contribution in [0.5, 0.6) is 5.75 Å². The van der Waals surface area contributed by atoms with Gasteiger partial charge in [-0.05, 0) is 50.4 Å². The number of ether oxygens (including phenoxy) is 1. The minimum atomic E-state index is -0.476. The van der Waals surface area contributed by atoms with Crippen molar-refractivity contribution in [3.8, 4) is 5.75 Å². The largest absolute Gasteiger partial charge is 0.492 e. The molecule has 0 atom stereocenters. The zero-order valence-electron chi connectivity index (χ0n) is 12.3. The molecular weight excluding hydrogens is 252 g/mol. The Morgan fingerprint density at radius 3 is 2.50 bits per heavy atom. The molecule has 1 aromatic carbocycles. The van der Waals surface area contributed by atoms with E-state index >= 15 is 0 Å². The Hall–Kier alpha value is -1.10. The number of nitrogens with two attached hydrogens (primary N) is 1. The third kappa shape index (κ3) is 4.78. The Morgan fingerprint density at radius 2 is 1.90 bits per heavy atom. The van der Waals surface area contributed by atoms with Crippen LogP contribution in [0.15, 0.2) is 24.3 Å². The zero-order valence-corrected chi connectivity index (χ0v) is 12.3. The number of aliphatic hydroxyl groups is 1. The molecule has 1 fully saturated rings. The smallest absolute Gasteiger partial charge is 0.119 e. The summed E-state index contributed by atoms with van der Waals surface area (Å²) in [7, 11) is 0. The number of hydrogen-bond donors (Lipinski definition) is 2. The van der Waals surface area contributed by atoms with E-state index in [9.17, 15) is 5.11 Å². The van der Waals surface area contributed by atoms with Crippen molar-refractivity contribution in [1.29, 1.82) is 0 Å². The van der Waals surface area contributed by atoms with Crippen molar-refractivity contribution in [3.63, 3.8) is 0 Å². The van der Waals surface area contributed by atoms with Gasteiger partial charge in [0.15, 0.2) is 0 Å². The van der Waals surface area contributed by atoms with E-state index in [2.05, 4.69) is 17.0 Å². The minimum absolute atomic E-state index is 0.476. The third-order valence-corrected chi connectivity index (χ3v) is 3.97. The zero-order chi connectivity index (χ0) is 14.4. The minimum Gasteiger partial charge on any atom is -0.492 e. The van der Waals surface area contributed by atoms with Gasteiger partial charge in [0, 0.05) is 19.6 Å². The molecule has 0 bridgehead atoms. The molecule has 20 heavy (non-hydrogen) atoms. The summed E-state index contributed by atoms with van der Waals surface area (Å²) in [6.45, 7) is 6.11. The Kier molecular flexibility index (Phi) is 5.40. The molecule has 0 amide bonds. The van der Waals surface area contributed by atoms with Gasteiger partial charge in [-0.3, -0.25) is 4.90 Å². The van der Waals surface area contributed by atoms with Crippen LogP contribution in [-0.2, 0) is 6.42 Å². The quantitative estimate of drug-likeness (QED) is 0.826. The Labute approximate surface area is 121 Å². The first kappa shape index (κ1) is 15.3. The van der Waals surface area contributed by atoms with Gasteiger partial charge in [-0.2, -0.15) is 0 Å². The van der Waals surface area contributed by atoms with Crippen molar-refractivity contribution in [2.75, 3.05) is 32.8 Å². The number of likely N-dealkylation sites (tertiary alicyclic amines) is 1. The summed E-state index contributed by atoms with van der Waals surface area (Å²) in [5.74, 6) is 0.912. The molecule has 0 aliphatic carbocycles. The predicted molar refractivity (Wildman–Crippen MR) is 81.0 cm³/mol. The standard InChI is InChI=1S/C16H26N2O2/c1-16(19)7-10-18(11-8-16)12-13-20-15-4-2-14(3-5-15)6-9-17/h2-5,19H,6-13,17H2,1H3. The van der Waals surface area contributed by atoms with E-state index in [-0.39, 0.29) is 0 Å². The molecule has 1 aromatic rings. The molecule has 4 nitrogen and oxygen atoms in total. The lowest BCUT2D eigenvalue weighted by Crippen LogP contribution is -2.43. The molecule has 0 aromatic heterocycles.